The number of hydrogen-bond donors (Lipinski definition) is 0. The summed E-state index contributed by atoms with van der Waals surface area (Å²) in [5.41, 5.74) is 1.55. The lowest BCUT2D eigenvalue weighted by Gasteiger charge is -1.98. The van der Waals surface area contributed by atoms with Gasteiger partial charge in [0.25, 0.3) is 0 Å². The highest BCUT2D eigenvalue weighted by Crippen LogP contribution is 2.07. The van der Waals surface area contributed by atoms with Gasteiger partial charge in [0.15, 0.2) is 0 Å². The van der Waals surface area contributed by atoms with Crippen LogP contribution in [0.4, 0.5) is 0 Å². The van der Waals surface area contributed by atoms with Crippen molar-refractivity contribution in [1.82, 2.24) is 9.97 Å². The van der Waals surface area contributed by atoms with Gasteiger partial charge in [-0.2, -0.15) is 0 Å². The van der Waals surface area contributed by atoms with E-state index in [4.69, 9.17) is 0 Å². The van der Waals surface area contributed by atoms with Crippen molar-refractivity contribution in [2.75, 3.05) is 0 Å². The van der Waals surface area contributed by atoms with E-state index in [2.05, 4.69) is 9.97 Å². The predicted molar refractivity (Wildman–Crippen MR) is 55.0 cm³/mol. The minimum Gasteiger partial charge on any atom is -0.287 e. The Hall–Kier alpha value is -1.51. The Morgan fingerprint density at radius 2 is 2.07 bits per heavy atom. The molecule has 0 aliphatic rings. The number of allylic oxidation sites excluding steroid dienone is 2. The molecular weight excluding hydrogens is 176 g/mol. The van der Waals surface area contributed by atoms with Gasteiger partial charge in [-0.25, -0.2) is 4.98 Å². The fourth-order valence-electron chi connectivity index (χ4n) is 1.14. The highest BCUT2D eigenvalue weighted by atomic mass is 16.1. The second kappa shape index (κ2) is 5.27. The molecule has 3 heteroatoms. The standard InChI is InChI=1S/C11H14N2O/c1-3-9(4-2)7-11(14)10-8-12-5-6-13-10/h5-8H,3-4H2,1-2H3. The van der Waals surface area contributed by atoms with Crippen LogP contribution in [0, 0.1) is 0 Å². The van der Waals surface area contributed by atoms with Crippen molar-refractivity contribution in [3.63, 3.8) is 0 Å². The van der Waals surface area contributed by atoms with Crippen LogP contribution in [-0.4, -0.2) is 15.8 Å². The number of nitrogens with zero attached hydrogens (tertiary/aromatic N) is 2. The molecule has 74 valence electrons. The smallest absolute Gasteiger partial charge is 0.205 e. The summed E-state index contributed by atoms with van der Waals surface area (Å²) in [4.78, 5) is 19.4. The van der Waals surface area contributed by atoms with Crippen LogP contribution in [0.2, 0.25) is 0 Å². The molecule has 0 radical (unpaired) electrons. The van der Waals surface area contributed by atoms with E-state index in [1.54, 1.807) is 12.3 Å². The summed E-state index contributed by atoms with van der Waals surface area (Å²) < 4.78 is 0. The number of carbonyl (C=O) groups excluding carboxylic acids is 1. The van der Waals surface area contributed by atoms with E-state index in [0.29, 0.717) is 5.69 Å². The Morgan fingerprint density at radius 1 is 1.36 bits per heavy atom. The van der Waals surface area contributed by atoms with E-state index in [9.17, 15) is 4.79 Å². The summed E-state index contributed by atoms with van der Waals surface area (Å²) >= 11 is 0. The first-order valence-electron chi connectivity index (χ1n) is 4.77. The maximum atomic E-state index is 11.6. The van der Waals surface area contributed by atoms with Crippen LogP contribution in [0.25, 0.3) is 0 Å². The quantitative estimate of drug-likeness (QED) is 0.541. The Balaban J connectivity index is 2.82. The minimum atomic E-state index is -0.0585. The number of carbonyl (C=O) groups is 1. The zero-order valence-electron chi connectivity index (χ0n) is 8.53. The molecule has 1 rings (SSSR count). The van der Waals surface area contributed by atoms with E-state index >= 15 is 0 Å². The molecule has 0 aliphatic carbocycles. The number of ketones is 1. The predicted octanol–water partition coefficient (Wildman–Crippen LogP) is 2.41. The third-order valence-electron chi connectivity index (χ3n) is 2.06. The average molecular weight is 190 g/mol. The maximum absolute atomic E-state index is 11.6. The highest BCUT2D eigenvalue weighted by molar-refractivity contribution is 6.03. The van der Waals surface area contributed by atoms with Gasteiger partial charge in [0.2, 0.25) is 5.78 Å². The minimum absolute atomic E-state index is 0.0585. The molecule has 1 aromatic heterocycles. The van der Waals surface area contributed by atoms with Crippen molar-refractivity contribution < 1.29 is 4.79 Å². The summed E-state index contributed by atoms with van der Waals surface area (Å²) in [6.07, 6.45) is 8.04. The fraction of sp³-hybridized carbons (Fsp3) is 0.364. The second-order valence-corrected chi connectivity index (χ2v) is 2.96. The van der Waals surface area contributed by atoms with Crippen molar-refractivity contribution in [1.29, 1.82) is 0 Å². The third kappa shape index (κ3) is 2.76. The van der Waals surface area contributed by atoms with Crippen LogP contribution < -0.4 is 0 Å². The summed E-state index contributed by atoms with van der Waals surface area (Å²) in [5, 5.41) is 0. The van der Waals surface area contributed by atoms with Crippen molar-refractivity contribution >= 4 is 5.78 Å². The van der Waals surface area contributed by atoms with Gasteiger partial charge in [-0.3, -0.25) is 9.78 Å². The molecule has 1 heterocycles. The molecule has 0 amide bonds. The van der Waals surface area contributed by atoms with Crippen molar-refractivity contribution in [2.24, 2.45) is 0 Å². The molecule has 0 bridgehead atoms. The molecule has 3 nitrogen and oxygen atoms in total. The molecule has 0 unspecified atom stereocenters. The summed E-state index contributed by atoms with van der Waals surface area (Å²) in [6.45, 7) is 4.08. The number of hydrogen-bond acceptors (Lipinski definition) is 3. The first kappa shape index (κ1) is 10.6. The van der Waals surface area contributed by atoms with Gasteiger partial charge in [-0.15, -0.1) is 0 Å². The van der Waals surface area contributed by atoms with Crippen LogP contribution in [0.15, 0.2) is 30.2 Å². The Morgan fingerprint density at radius 3 is 2.57 bits per heavy atom. The zero-order valence-corrected chi connectivity index (χ0v) is 8.53. The first-order valence-corrected chi connectivity index (χ1v) is 4.77. The molecule has 0 atom stereocenters. The normalized spacial score (nSPS) is 9.57. The van der Waals surface area contributed by atoms with Gasteiger partial charge >= 0.3 is 0 Å². The van der Waals surface area contributed by atoms with E-state index in [-0.39, 0.29) is 5.78 Å². The van der Waals surface area contributed by atoms with Crippen LogP contribution in [-0.2, 0) is 0 Å². The summed E-state index contributed by atoms with van der Waals surface area (Å²) in [6, 6.07) is 0. The summed E-state index contributed by atoms with van der Waals surface area (Å²) in [5.74, 6) is -0.0585. The van der Waals surface area contributed by atoms with Gasteiger partial charge in [0.05, 0.1) is 6.20 Å². The molecular formula is C11H14N2O. The molecule has 14 heavy (non-hydrogen) atoms. The zero-order chi connectivity index (χ0) is 10.4. The molecule has 1 aromatic rings. The molecule has 0 N–H and O–H groups in total. The first-order chi connectivity index (χ1) is 6.77. The van der Waals surface area contributed by atoms with Crippen molar-refractivity contribution in [3.8, 4) is 0 Å². The second-order valence-electron chi connectivity index (χ2n) is 2.96. The molecule has 0 aliphatic heterocycles. The molecule has 0 fully saturated rings. The third-order valence-corrected chi connectivity index (χ3v) is 2.06. The average Bonchev–Trinajstić information content (AvgIpc) is 2.26. The van der Waals surface area contributed by atoms with Gasteiger partial charge in [-0.05, 0) is 18.9 Å². The lowest BCUT2D eigenvalue weighted by molar-refractivity contribution is 0.104. The van der Waals surface area contributed by atoms with Crippen LogP contribution in [0.1, 0.15) is 37.2 Å². The molecule has 0 spiro atoms. The Bertz CT molecular complexity index is 324. The largest absolute Gasteiger partial charge is 0.287 e. The monoisotopic (exact) mass is 190 g/mol. The number of aromatic nitrogens is 2. The highest BCUT2D eigenvalue weighted by Gasteiger charge is 2.04. The lowest BCUT2D eigenvalue weighted by Crippen LogP contribution is -1.99. The van der Waals surface area contributed by atoms with E-state index in [1.807, 2.05) is 13.8 Å². The SMILES string of the molecule is CCC(=CC(=O)c1cnccn1)CC. The molecule has 0 saturated carbocycles. The Labute approximate surface area is 83.9 Å². The maximum Gasteiger partial charge on any atom is 0.205 e. The van der Waals surface area contributed by atoms with Gasteiger partial charge in [0, 0.05) is 12.4 Å². The molecule has 0 aromatic carbocycles. The van der Waals surface area contributed by atoms with Gasteiger partial charge in [0.1, 0.15) is 5.69 Å². The van der Waals surface area contributed by atoms with Crippen molar-refractivity contribution in [3.05, 3.63) is 35.9 Å². The van der Waals surface area contributed by atoms with Crippen LogP contribution >= 0.6 is 0 Å². The van der Waals surface area contributed by atoms with Crippen LogP contribution in [0.3, 0.4) is 0 Å². The topological polar surface area (TPSA) is 42.9 Å². The molecule has 0 saturated heterocycles. The summed E-state index contributed by atoms with van der Waals surface area (Å²) in [7, 11) is 0. The van der Waals surface area contributed by atoms with E-state index < -0.39 is 0 Å². The lowest BCUT2D eigenvalue weighted by atomic mass is 10.1. The van der Waals surface area contributed by atoms with E-state index in [1.165, 1.54) is 12.4 Å². The van der Waals surface area contributed by atoms with Gasteiger partial charge < -0.3 is 0 Å². The van der Waals surface area contributed by atoms with Crippen LogP contribution in [0.5, 0.6) is 0 Å². The number of rotatable bonds is 4. The van der Waals surface area contributed by atoms with E-state index in [0.717, 1.165) is 18.4 Å². The fourth-order valence-corrected chi connectivity index (χ4v) is 1.14. The van der Waals surface area contributed by atoms with Gasteiger partial charge in [-0.1, -0.05) is 19.4 Å². The Kier molecular flexibility index (Phi) is 3.98. The van der Waals surface area contributed by atoms with Crippen molar-refractivity contribution in [2.45, 2.75) is 26.7 Å².